The van der Waals surface area contributed by atoms with Gasteiger partial charge in [-0.3, -0.25) is 0 Å². The molecule has 1 aliphatic heterocycles. The van der Waals surface area contributed by atoms with Crippen LogP contribution in [-0.2, 0) is 10.0 Å². The van der Waals surface area contributed by atoms with Crippen molar-refractivity contribution in [2.24, 2.45) is 0 Å². The van der Waals surface area contributed by atoms with Gasteiger partial charge < -0.3 is 9.47 Å². The van der Waals surface area contributed by atoms with Gasteiger partial charge in [-0.15, -0.1) is 0 Å². The maximum Gasteiger partial charge on any atom is 0.243 e. The Kier molecular flexibility index (Phi) is 4.96. The van der Waals surface area contributed by atoms with Gasteiger partial charge in [0.25, 0.3) is 0 Å². The Morgan fingerprint density at radius 2 is 1.83 bits per heavy atom. The maximum atomic E-state index is 12.7. The molecule has 8 heteroatoms. The van der Waals surface area contributed by atoms with Crippen LogP contribution in [0.5, 0.6) is 11.6 Å². The van der Waals surface area contributed by atoms with Crippen LogP contribution < -0.4 is 9.47 Å². The number of hydrogen-bond donors (Lipinski definition) is 0. The largest absolute Gasteiger partial charge is 0.497 e. The number of hydrogen-bond acceptors (Lipinski definition) is 6. The third-order valence-corrected chi connectivity index (χ3v) is 5.85. The predicted octanol–water partition coefficient (Wildman–Crippen LogP) is 1.72. The van der Waals surface area contributed by atoms with Crippen LogP contribution in [0.4, 0.5) is 0 Å². The minimum atomic E-state index is -3.49. The van der Waals surface area contributed by atoms with Crippen molar-refractivity contribution in [1.29, 1.82) is 0 Å². The van der Waals surface area contributed by atoms with Gasteiger partial charge in [0, 0.05) is 25.4 Å². The van der Waals surface area contributed by atoms with Gasteiger partial charge in [0.05, 0.1) is 12.0 Å². The van der Waals surface area contributed by atoms with Crippen molar-refractivity contribution in [2.45, 2.75) is 23.8 Å². The molecule has 0 atom stereocenters. The first kappa shape index (κ1) is 16.7. The second-order valence-corrected chi connectivity index (χ2v) is 7.38. The molecule has 7 nitrogen and oxygen atoms in total. The van der Waals surface area contributed by atoms with E-state index in [4.69, 9.17) is 9.47 Å². The summed E-state index contributed by atoms with van der Waals surface area (Å²) in [4.78, 5) is 8.14. The number of nitrogens with zero attached hydrogens (tertiary/aromatic N) is 3. The predicted molar refractivity (Wildman–Crippen MR) is 87.4 cm³/mol. The van der Waals surface area contributed by atoms with E-state index in [-0.39, 0.29) is 11.0 Å². The van der Waals surface area contributed by atoms with Crippen LogP contribution in [0, 0.1) is 0 Å². The molecule has 0 bridgehead atoms. The average molecular weight is 349 g/mol. The van der Waals surface area contributed by atoms with Gasteiger partial charge in [0.15, 0.2) is 0 Å². The zero-order valence-electron chi connectivity index (χ0n) is 13.3. The third-order valence-electron chi connectivity index (χ3n) is 3.94. The lowest BCUT2D eigenvalue weighted by Crippen LogP contribution is -2.41. The molecule has 3 rings (SSSR count). The normalized spacial score (nSPS) is 16.7. The highest BCUT2D eigenvalue weighted by atomic mass is 32.2. The first-order chi connectivity index (χ1) is 11.6. The Hall–Kier alpha value is -2.19. The van der Waals surface area contributed by atoms with Crippen molar-refractivity contribution in [3.63, 3.8) is 0 Å². The lowest BCUT2D eigenvalue weighted by atomic mass is 10.1. The lowest BCUT2D eigenvalue weighted by Gasteiger charge is -2.31. The summed E-state index contributed by atoms with van der Waals surface area (Å²) in [6, 6.07) is 8.13. The minimum absolute atomic E-state index is 0.0396. The summed E-state index contributed by atoms with van der Waals surface area (Å²) in [5.41, 5.74) is 0. The molecule has 0 spiro atoms. The molecule has 1 aliphatic rings. The smallest absolute Gasteiger partial charge is 0.243 e. The van der Waals surface area contributed by atoms with E-state index in [1.54, 1.807) is 43.6 Å². The Labute approximate surface area is 141 Å². The Bertz CT molecular complexity index is 758. The molecule has 1 fully saturated rings. The second-order valence-electron chi connectivity index (χ2n) is 5.44. The summed E-state index contributed by atoms with van der Waals surface area (Å²) < 4.78 is 37.7. The average Bonchev–Trinajstić information content (AvgIpc) is 2.63. The van der Waals surface area contributed by atoms with Crippen molar-refractivity contribution in [3.8, 4) is 11.6 Å². The molecule has 0 radical (unpaired) electrons. The van der Waals surface area contributed by atoms with Crippen LogP contribution in [0.1, 0.15) is 12.8 Å². The van der Waals surface area contributed by atoms with Gasteiger partial charge in [-0.2, -0.15) is 4.31 Å². The number of piperidine rings is 1. The van der Waals surface area contributed by atoms with Crippen LogP contribution in [0.2, 0.25) is 0 Å². The molecule has 2 heterocycles. The fourth-order valence-corrected chi connectivity index (χ4v) is 4.08. The Morgan fingerprint density at radius 3 is 2.42 bits per heavy atom. The fraction of sp³-hybridized carbons (Fsp3) is 0.375. The van der Waals surface area contributed by atoms with E-state index in [9.17, 15) is 8.42 Å². The highest BCUT2D eigenvalue weighted by Gasteiger charge is 2.30. The first-order valence-corrected chi connectivity index (χ1v) is 9.10. The summed E-state index contributed by atoms with van der Waals surface area (Å²) >= 11 is 0. The van der Waals surface area contributed by atoms with E-state index in [1.165, 1.54) is 10.6 Å². The third kappa shape index (κ3) is 3.65. The van der Waals surface area contributed by atoms with Crippen molar-refractivity contribution >= 4 is 10.0 Å². The number of rotatable bonds is 5. The first-order valence-electron chi connectivity index (χ1n) is 7.66. The molecular weight excluding hydrogens is 330 g/mol. The van der Waals surface area contributed by atoms with Gasteiger partial charge in [-0.05, 0) is 37.1 Å². The van der Waals surface area contributed by atoms with Crippen molar-refractivity contribution < 1.29 is 17.9 Å². The molecular formula is C16H19N3O4S. The highest BCUT2D eigenvalue weighted by molar-refractivity contribution is 7.89. The summed E-state index contributed by atoms with van der Waals surface area (Å²) in [6.07, 6.45) is 4.26. The van der Waals surface area contributed by atoms with E-state index < -0.39 is 10.0 Å². The van der Waals surface area contributed by atoms with Crippen molar-refractivity contribution in [3.05, 3.63) is 42.9 Å². The van der Waals surface area contributed by atoms with Crippen LogP contribution in [0.3, 0.4) is 0 Å². The number of sulfonamides is 1. The zero-order chi connectivity index (χ0) is 17.0. The van der Waals surface area contributed by atoms with Crippen LogP contribution >= 0.6 is 0 Å². The minimum Gasteiger partial charge on any atom is -0.497 e. The molecule has 0 unspecified atom stereocenters. The lowest BCUT2D eigenvalue weighted by molar-refractivity contribution is 0.129. The molecule has 0 aliphatic carbocycles. The Morgan fingerprint density at radius 1 is 1.12 bits per heavy atom. The van der Waals surface area contributed by atoms with E-state index in [1.807, 2.05) is 0 Å². The summed E-state index contributed by atoms with van der Waals surface area (Å²) in [7, 11) is -1.94. The van der Waals surface area contributed by atoms with E-state index in [2.05, 4.69) is 9.97 Å². The molecule has 1 aromatic carbocycles. The number of aromatic nitrogens is 2. The summed E-state index contributed by atoms with van der Waals surface area (Å²) in [6.45, 7) is 0.841. The quantitative estimate of drug-likeness (QED) is 0.817. The Balaban J connectivity index is 1.62. The molecule has 1 saturated heterocycles. The van der Waals surface area contributed by atoms with E-state index in [0.717, 1.165) is 0 Å². The zero-order valence-corrected chi connectivity index (χ0v) is 14.1. The molecule has 0 N–H and O–H groups in total. The number of methoxy groups -OCH3 is 1. The van der Waals surface area contributed by atoms with E-state index in [0.29, 0.717) is 37.6 Å². The molecule has 0 saturated carbocycles. The molecule has 128 valence electrons. The maximum absolute atomic E-state index is 12.7. The van der Waals surface area contributed by atoms with Gasteiger partial charge in [0.1, 0.15) is 18.2 Å². The molecule has 1 aromatic heterocycles. The molecule has 2 aromatic rings. The monoisotopic (exact) mass is 349 g/mol. The van der Waals surface area contributed by atoms with Crippen LogP contribution in [-0.4, -0.2) is 49.0 Å². The molecule has 24 heavy (non-hydrogen) atoms. The summed E-state index contributed by atoms with van der Waals surface area (Å²) in [5, 5.41) is 0. The highest BCUT2D eigenvalue weighted by Crippen LogP contribution is 2.24. The van der Waals surface area contributed by atoms with Crippen molar-refractivity contribution in [2.75, 3.05) is 20.2 Å². The molecule has 0 amide bonds. The van der Waals surface area contributed by atoms with Gasteiger partial charge in [-0.25, -0.2) is 18.4 Å². The number of ether oxygens (including phenoxy) is 2. The van der Waals surface area contributed by atoms with Crippen LogP contribution in [0.15, 0.2) is 47.8 Å². The van der Waals surface area contributed by atoms with Gasteiger partial charge >= 0.3 is 0 Å². The van der Waals surface area contributed by atoms with Crippen LogP contribution in [0.25, 0.3) is 0 Å². The van der Waals surface area contributed by atoms with Crippen molar-refractivity contribution in [1.82, 2.24) is 14.3 Å². The fourth-order valence-electron chi connectivity index (χ4n) is 2.61. The topological polar surface area (TPSA) is 81.6 Å². The SMILES string of the molecule is COc1ccc(S(=O)(=O)N2CCC(Oc3ccncn3)CC2)cc1. The summed E-state index contributed by atoms with van der Waals surface area (Å²) in [5.74, 6) is 1.15. The van der Waals surface area contributed by atoms with Gasteiger partial charge in [-0.1, -0.05) is 0 Å². The number of benzene rings is 1. The van der Waals surface area contributed by atoms with E-state index >= 15 is 0 Å². The standard InChI is InChI=1S/C16H19N3O4S/c1-22-13-2-4-15(5-3-13)24(20,21)19-10-7-14(8-11-19)23-16-6-9-17-12-18-16/h2-6,9,12,14H,7-8,10-11H2,1H3. The van der Waals surface area contributed by atoms with Gasteiger partial charge in [0.2, 0.25) is 15.9 Å². The second kappa shape index (κ2) is 7.14.